The lowest BCUT2D eigenvalue weighted by atomic mass is 10.0. The number of aliphatic hydroxyl groups excluding tert-OH is 1. The quantitative estimate of drug-likeness (QED) is 0.0222. The van der Waals surface area contributed by atoms with E-state index in [1.54, 1.807) is 0 Å². The highest BCUT2D eigenvalue weighted by atomic mass is 31.2. The van der Waals surface area contributed by atoms with Crippen LogP contribution in [-0.2, 0) is 65.4 Å². The molecule has 0 aromatic rings. The number of rotatable bonds is 92. The van der Waals surface area contributed by atoms with Crippen molar-refractivity contribution in [1.29, 1.82) is 0 Å². The number of carbonyl (C=O) groups is 4. The Balaban J connectivity index is 5.20. The van der Waals surface area contributed by atoms with Gasteiger partial charge in [0.25, 0.3) is 0 Å². The van der Waals surface area contributed by atoms with Crippen molar-refractivity contribution in [2.45, 2.75) is 521 Å². The number of phosphoric acid groups is 2. The molecule has 19 heteroatoms. The van der Waals surface area contributed by atoms with Gasteiger partial charge >= 0.3 is 39.5 Å². The molecule has 0 saturated carbocycles. The molecule has 3 N–H and O–H groups in total. The molecule has 0 saturated heterocycles. The minimum Gasteiger partial charge on any atom is -0.462 e. The van der Waals surface area contributed by atoms with Gasteiger partial charge in [-0.05, 0) is 25.7 Å². The van der Waals surface area contributed by atoms with Crippen LogP contribution in [0.2, 0.25) is 0 Å². The zero-order chi connectivity index (χ0) is 80.3. The van der Waals surface area contributed by atoms with Crippen molar-refractivity contribution < 1.29 is 80.2 Å². The summed E-state index contributed by atoms with van der Waals surface area (Å²) in [5, 5.41) is 10.7. The maximum Gasteiger partial charge on any atom is 0.472 e. The van der Waals surface area contributed by atoms with E-state index in [9.17, 15) is 43.2 Å². The van der Waals surface area contributed by atoms with Gasteiger partial charge in [0.15, 0.2) is 12.2 Å². The molecule has 654 valence electrons. The summed E-state index contributed by atoms with van der Waals surface area (Å²) in [4.78, 5) is 73.3. The van der Waals surface area contributed by atoms with Crippen LogP contribution >= 0.6 is 15.6 Å². The van der Waals surface area contributed by atoms with Crippen LogP contribution in [0.4, 0.5) is 0 Å². The maximum atomic E-state index is 13.2. The minimum absolute atomic E-state index is 0.109. The van der Waals surface area contributed by atoms with E-state index in [4.69, 9.17) is 37.0 Å². The van der Waals surface area contributed by atoms with Crippen molar-refractivity contribution in [3.8, 4) is 0 Å². The summed E-state index contributed by atoms with van der Waals surface area (Å²) in [6.07, 6.45) is 82.2. The number of aliphatic hydroxyl groups is 1. The fourth-order valence-corrected chi connectivity index (χ4v) is 16.0. The lowest BCUT2D eigenvalue weighted by Crippen LogP contribution is -2.30. The van der Waals surface area contributed by atoms with Crippen molar-refractivity contribution >= 4 is 39.5 Å². The molecule has 0 aliphatic heterocycles. The van der Waals surface area contributed by atoms with Crippen molar-refractivity contribution in [2.24, 2.45) is 0 Å². The van der Waals surface area contributed by atoms with Gasteiger partial charge in [-0.3, -0.25) is 37.3 Å². The third kappa shape index (κ3) is 84.0. The molecule has 2 unspecified atom stereocenters. The van der Waals surface area contributed by atoms with Gasteiger partial charge in [0.05, 0.1) is 26.4 Å². The van der Waals surface area contributed by atoms with E-state index in [2.05, 4.69) is 27.7 Å². The lowest BCUT2D eigenvalue weighted by molar-refractivity contribution is -0.161. The van der Waals surface area contributed by atoms with Crippen LogP contribution in [0.5, 0.6) is 0 Å². The second-order valence-electron chi connectivity index (χ2n) is 32.7. The molecular weight excluding hydrogens is 1430 g/mol. The molecular formula is C91H178O17P2. The van der Waals surface area contributed by atoms with Crippen molar-refractivity contribution in [3.63, 3.8) is 0 Å². The van der Waals surface area contributed by atoms with Crippen LogP contribution in [0.25, 0.3) is 0 Å². The first-order valence-corrected chi connectivity index (χ1v) is 50.3. The van der Waals surface area contributed by atoms with Gasteiger partial charge in [0.2, 0.25) is 0 Å². The molecule has 0 aliphatic rings. The Kier molecular flexibility index (Phi) is 83.5. The first kappa shape index (κ1) is 108. The number of ether oxygens (including phenoxy) is 4. The Hall–Kier alpha value is -1.94. The molecule has 0 radical (unpaired) electrons. The zero-order valence-corrected chi connectivity index (χ0v) is 74.0. The number of phosphoric ester groups is 2. The van der Waals surface area contributed by atoms with E-state index < -0.39 is 97.5 Å². The minimum atomic E-state index is -4.97. The third-order valence-electron chi connectivity index (χ3n) is 21.6. The maximum absolute atomic E-state index is 13.2. The second kappa shape index (κ2) is 85.0. The van der Waals surface area contributed by atoms with Crippen LogP contribution in [0.15, 0.2) is 0 Å². The fourth-order valence-electron chi connectivity index (χ4n) is 14.4. The lowest BCUT2D eigenvalue weighted by Gasteiger charge is -2.21. The smallest absolute Gasteiger partial charge is 0.462 e. The van der Waals surface area contributed by atoms with Crippen molar-refractivity contribution in [3.05, 3.63) is 0 Å². The third-order valence-corrected chi connectivity index (χ3v) is 23.5. The van der Waals surface area contributed by atoms with E-state index >= 15 is 0 Å². The van der Waals surface area contributed by atoms with Gasteiger partial charge in [-0.1, -0.05) is 451 Å². The second-order valence-corrected chi connectivity index (χ2v) is 35.6. The Morgan fingerprint density at radius 1 is 0.218 bits per heavy atom. The average Bonchev–Trinajstić information content (AvgIpc) is 0.902. The van der Waals surface area contributed by atoms with Crippen molar-refractivity contribution in [2.75, 3.05) is 39.6 Å². The normalized spacial score (nSPS) is 13.6. The molecule has 0 aromatic heterocycles. The van der Waals surface area contributed by atoms with Crippen LogP contribution in [0.3, 0.4) is 0 Å². The van der Waals surface area contributed by atoms with Gasteiger partial charge in [0, 0.05) is 25.7 Å². The largest absolute Gasteiger partial charge is 0.472 e. The van der Waals surface area contributed by atoms with Crippen LogP contribution in [0, 0.1) is 0 Å². The van der Waals surface area contributed by atoms with E-state index in [0.717, 1.165) is 89.9 Å². The molecule has 0 amide bonds. The van der Waals surface area contributed by atoms with Crippen molar-refractivity contribution in [1.82, 2.24) is 0 Å². The molecule has 0 bridgehead atoms. The first-order chi connectivity index (χ1) is 53.7. The molecule has 0 aromatic carbocycles. The molecule has 110 heavy (non-hydrogen) atoms. The van der Waals surface area contributed by atoms with Gasteiger partial charge < -0.3 is 33.8 Å². The number of hydrogen-bond acceptors (Lipinski definition) is 15. The summed E-state index contributed by atoms with van der Waals surface area (Å²) in [5.74, 6) is -2.09. The van der Waals surface area contributed by atoms with Crippen LogP contribution in [-0.4, -0.2) is 96.7 Å². The summed E-state index contributed by atoms with van der Waals surface area (Å²) in [6, 6.07) is 0. The van der Waals surface area contributed by atoms with E-state index in [1.165, 1.54) is 334 Å². The summed E-state index contributed by atoms with van der Waals surface area (Å²) >= 11 is 0. The van der Waals surface area contributed by atoms with E-state index in [0.29, 0.717) is 25.7 Å². The Morgan fingerprint density at radius 2 is 0.364 bits per heavy atom. The molecule has 5 atom stereocenters. The van der Waals surface area contributed by atoms with Gasteiger partial charge in [-0.25, -0.2) is 9.13 Å². The summed E-state index contributed by atoms with van der Waals surface area (Å²) in [7, 11) is -9.93. The van der Waals surface area contributed by atoms with Gasteiger partial charge in [0.1, 0.15) is 19.3 Å². The average molecular weight is 1610 g/mol. The highest BCUT2D eigenvalue weighted by Gasteiger charge is 2.31. The Labute approximate surface area is 677 Å². The predicted molar refractivity (Wildman–Crippen MR) is 455 cm³/mol. The zero-order valence-electron chi connectivity index (χ0n) is 72.3. The van der Waals surface area contributed by atoms with E-state index in [1.807, 2.05) is 0 Å². The fraction of sp³-hybridized carbons (Fsp3) is 0.956. The Morgan fingerprint density at radius 3 is 0.536 bits per heavy atom. The highest BCUT2D eigenvalue weighted by Crippen LogP contribution is 2.45. The first-order valence-electron chi connectivity index (χ1n) is 47.3. The topological polar surface area (TPSA) is 237 Å². The van der Waals surface area contributed by atoms with Crippen LogP contribution in [0.1, 0.15) is 503 Å². The van der Waals surface area contributed by atoms with Gasteiger partial charge in [-0.2, -0.15) is 0 Å². The number of carbonyl (C=O) groups excluding carboxylic acids is 4. The molecule has 0 aliphatic carbocycles. The number of esters is 4. The molecule has 17 nitrogen and oxygen atoms in total. The molecule has 0 rings (SSSR count). The molecule has 0 fully saturated rings. The Bertz CT molecular complexity index is 2070. The SMILES string of the molecule is CCCCCCCCCCCCCCCCCCCCCCCCC(=O)OC[C@H](COP(=O)(O)OC[C@@H](O)COP(=O)(O)OC[C@@H](COC(=O)CCCCCCCCCCCC)OC(=O)CCCCCCCCCCCCCCCCCC)OC(=O)CCCCCCCCCCCCCCCCCCCCCCCC. The summed E-state index contributed by atoms with van der Waals surface area (Å²) in [6.45, 7) is 5.07. The summed E-state index contributed by atoms with van der Waals surface area (Å²) in [5.41, 5.74) is 0. The summed E-state index contributed by atoms with van der Waals surface area (Å²) < 4.78 is 69.0. The number of unbranched alkanes of at least 4 members (excludes halogenated alkanes) is 66. The standard InChI is InChI=1S/C91H178O17P2/c1-5-9-13-17-21-25-29-32-35-38-40-42-44-46-48-51-53-56-60-64-68-72-76-89(94)102-82-87(108-91(96)78-74-70-66-62-58-55-52-49-47-45-43-41-39-36-33-30-26-22-18-14-10-6-2)84-106-110(99,100)104-80-85(92)79-103-109(97,98)105-83-86(81-101-88(93)75-71-67-63-59-28-24-20-16-12-8-4)107-90(95)77-73-69-65-61-57-54-50-37-34-31-27-23-19-15-11-7-3/h85-87,92H,5-84H2,1-4H3,(H,97,98)(H,99,100)/t85-,86+,87+/m0/s1. The monoisotopic (exact) mass is 1610 g/mol. The predicted octanol–water partition coefficient (Wildman–Crippen LogP) is 28.5. The number of hydrogen-bond donors (Lipinski definition) is 3. The molecule has 0 heterocycles. The molecule has 0 spiro atoms. The van der Waals surface area contributed by atoms with Crippen LogP contribution < -0.4 is 0 Å². The van der Waals surface area contributed by atoms with Gasteiger partial charge in [-0.15, -0.1) is 0 Å². The highest BCUT2D eigenvalue weighted by molar-refractivity contribution is 7.47. The van der Waals surface area contributed by atoms with E-state index in [-0.39, 0.29) is 25.7 Å².